The quantitative estimate of drug-likeness (QED) is 0.657. The summed E-state index contributed by atoms with van der Waals surface area (Å²) < 4.78 is 5.59. The highest BCUT2D eigenvalue weighted by atomic mass is 16.5. The van der Waals surface area contributed by atoms with E-state index in [9.17, 15) is 0 Å². The van der Waals surface area contributed by atoms with Crippen molar-refractivity contribution in [2.75, 3.05) is 26.3 Å². The van der Waals surface area contributed by atoms with Crippen LogP contribution in [0.3, 0.4) is 0 Å². The van der Waals surface area contributed by atoms with Crippen LogP contribution < -0.4 is 0 Å². The fourth-order valence-electron chi connectivity index (χ4n) is 3.70. The van der Waals surface area contributed by atoms with Gasteiger partial charge < -0.3 is 4.74 Å². The van der Waals surface area contributed by atoms with Gasteiger partial charge in [0.15, 0.2) is 0 Å². The minimum absolute atomic E-state index is 0.567. The molecule has 1 spiro atoms. The molecule has 1 atom stereocenters. The first-order valence-corrected chi connectivity index (χ1v) is 6.70. The summed E-state index contributed by atoms with van der Waals surface area (Å²) >= 11 is 0. The SMILES string of the molecule is C1CCC(N2CC[C@@]3(CCOC3)C2)CC1. The summed E-state index contributed by atoms with van der Waals surface area (Å²) in [7, 11) is 0. The van der Waals surface area contributed by atoms with Crippen molar-refractivity contribution in [3.63, 3.8) is 0 Å². The Morgan fingerprint density at radius 3 is 2.67 bits per heavy atom. The first-order chi connectivity index (χ1) is 7.38. The lowest BCUT2D eigenvalue weighted by Gasteiger charge is -2.32. The molecule has 0 radical (unpaired) electrons. The second-order valence-electron chi connectivity index (χ2n) is 5.81. The predicted molar refractivity (Wildman–Crippen MR) is 60.9 cm³/mol. The Hall–Kier alpha value is -0.0800. The van der Waals surface area contributed by atoms with E-state index in [0.717, 1.165) is 19.3 Å². The second-order valence-corrected chi connectivity index (χ2v) is 5.81. The van der Waals surface area contributed by atoms with Crippen LogP contribution in [0.1, 0.15) is 44.9 Å². The Morgan fingerprint density at radius 2 is 1.93 bits per heavy atom. The summed E-state index contributed by atoms with van der Waals surface area (Å²) in [6.45, 7) is 4.72. The highest BCUT2D eigenvalue weighted by Crippen LogP contribution is 2.40. The first kappa shape index (κ1) is 10.1. The maximum atomic E-state index is 5.59. The van der Waals surface area contributed by atoms with E-state index in [1.54, 1.807) is 0 Å². The van der Waals surface area contributed by atoms with Gasteiger partial charge in [-0.25, -0.2) is 0 Å². The number of hydrogen-bond acceptors (Lipinski definition) is 2. The highest BCUT2D eigenvalue weighted by molar-refractivity contribution is 4.95. The van der Waals surface area contributed by atoms with Crippen LogP contribution >= 0.6 is 0 Å². The fraction of sp³-hybridized carbons (Fsp3) is 1.00. The molecule has 0 aromatic carbocycles. The molecule has 2 heterocycles. The lowest BCUT2D eigenvalue weighted by molar-refractivity contribution is 0.135. The van der Waals surface area contributed by atoms with Crippen LogP contribution in [-0.4, -0.2) is 37.2 Å². The van der Waals surface area contributed by atoms with Crippen LogP contribution in [0, 0.1) is 5.41 Å². The van der Waals surface area contributed by atoms with Gasteiger partial charge in [0.2, 0.25) is 0 Å². The van der Waals surface area contributed by atoms with Gasteiger partial charge in [-0.3, -0.25) is 4.90 Å². The van der Waals surface area contributed by atoms with Crippen LogP contribution in [0.15, 0.2) is 0 Å². The van der Waals surface area contributed by atoms with Crippen LogP contribution in [0.2, 0.25) is 0 Å². The number of likely N-dealkylation sites (tertiary alicyclic amines) is 1. The van der Waals surface area contributed by atoms with Gasteiger partial charge in [-0.1, -0.05) is 19.3 Å². The van der Waals surface area contributed by atoms with Gasteiger partial charge in [0.25, 0.3) is 0 Å². The molecule has 2 saturated heterocycles. The van der Waals surface area contributed by atoms with Crippen molar-refractivity contribution in [3.05, 3.63) is 0 Å². The smallest absolute Gasteiger partial charge is 0.0536 e. The molecule has 0 amide bonds. The molecule has 0 aromatic heterocycles. The molecular formula is C13H23NO. The molecule has 3 rings (SSSR count). The van der Waals surface area contributed by atoms with Crippen LogP contribution in [-0.2, 0) is 4.74 Å². The van der Waals surface area contributed by atoms with Crippen molar-refractivity contribution in [1.29, 1.82) is 0 Å². The standard InChI is InChI=1S/C13H23NO/c1-2-4-12(5-3-1)14-8-6-13(10-14)7-9-15-11-13/h12H,1-11H2/t13-/m1/s1. The Labute approximate surface area is 93.0 Å². The summed E-state index contributed by atoms with van der Waals surface area (Å²) in [5, 5.41) is 0. The van der Waals surface area contributed by atoms with Gasteiger partial charge in [0.1, 0.15) is 0 Å². The Kier molecular flexibility index (Phi) is 2.73. The third-order valence-corrected chi connectivity index (χ3v) is 4.74. The van der Waals surface area contributed by atoms with Gasteiger partial charge >= 0.3 is 0 Å². The van der Waals surface area contributed by atoms with Gasteiger partial charge in [-0.2, -0.15) is 0 Å². The molecule has 0 bridgehead atoms. The summed E-state index contributed by atoms with van der Waals surface area (Å²) in [6.07, 6.45) is 10.0. The lowest BCUT2D eigenvalue weighted by atomic mass is 9.86. The van der Waals surface area contributed by atoms with E-state index in [2.05, 4.69) is 4.90 Å². The third kappa shape index (κ3) is 1.94. The Balaban J connectivity index is 1.60. The van der Waals surface area contributed by atoms with Gasteiger partial charge in [0.05, 0.1) is 6.61 Å². The fourth-order valence-corrected chi connectivity index (χ4v) is 3.70. The maximum Gasteiger partial charge on any atom is 0.0536 e. The Morgan fingerprint density at radius 1 is 1.07 bits per heavy atom. The molecule has 3 aliphatic rings. The van der Waals surface area contributed by atoms with Gasteiger partial charge in [-0.05, 0) is 32.2 Å². The summed E-state index contributed by atoms with van der Waals surface area (Å²) in [5.41, 5.74) is 0.567. The van der Waals surface area contributed by atoms with Crippen molar-refractivity contribution in [2.24, 2.45) is 5.41 Å². The molecule has 15 heavy (non-hydrogen) atoms. The molecule has 86 valence electrons. The normalized spacial score (nSPS) is 39.2. The minimum Gasteiger partial charge on any atom is -0.381 e. The molecule has 1 saturated carbocycles. The average Bonchev–Trinajstić information content (AvgIpc) is 2.91. The zero-order chi connectivity index (χ0) is 10.1. The molecular weight excluding hydrogens is 186 g/mol. The molecule has 2 heteroatoms. The molecule has 0 unspecified atom stereocenters. The van der Waals surface area contributed by atoms with E-state index >= 15 is 0 Å². The zero-order valence-electron chi connectivity index (χ0n) is 9.71. The van der Waals surface area contributed by atoms with Crippen LogP contribution in [0.5, 0.6) is 0 Å². The first-order valence-electron chi connectivity index (χ1n) is 6.70. The summed E-state index contributed by atoms with van der Waals surface area (Å²) in [5.74, 6) is 0. The van der Waals surface area contributed by atoms with Crippen molar-refractivity contribution in [1.82, 2.24) is 4.90 Å². The van der Waals surface area contributed by atoms with Crippen molar-refractivity contribution in [3.8, 4) is 0 Å². The molecule has 0 N–H and O–H groups in total. The summed E-state index contributed by atoms with van der Waals surface area (Å²) in [6, 6.07) is 0.915. The molecule has 2 nitrogen and oxygen atoms in total. The average molecular weight is 209 g/mol. The second kappa shape index (κ2) is 4.06. The molecule has 2 aliphatic heterocycles. The van der Waals surface area contributed by atoms with Gasteiger partial charge in [-0.15, -0.1) is 0 Å². The third-order valence-electron chi connectivity index (χ3n) is 4.74. The minimum atomic E-state index is 0.567. The number of nitrogens with zero attached hydrogens (tertiary/aromatic N) is 1. The molecule has 0 aromatic rings. The van der Waals surface area contributed by atoms with E-state index in [4.69, 9.17) is 4.74 Å². The lowest BCUT2D eigenvalue weighted by Crippen LogP contribution is -2.37. The molecule has 3 fully saturated rings. The van der Waals surface area contributed by atoms with E-state index in [1.807, 2.05) is 0 Å². The number of hydrogen-bond donors (Lipinski definition) is 0. The van der Waals surface area contributed by atoms with Crippen molar-refractivity contribution in [2.45, 2.75) is 51.0 Å². The van der Waals surface area contributed by atoms with Crippen LogP contribution in [0.4, 0.5) is 0 Å². The zero-order valence-corrected chi connectivity index (χ0v) is 9.71. The maximum absolute atomic E-state index is 5.59. The van der Waals surface area contributed by atoms with Crippen LogP contribution in [0.25, 0.3) is 0 Å². The molecule has 1 aliphatic carbocycles. The van der Waals surface area contributed by atoms with E-state index in [-0.39, 0.29) is 0 Å². The van der Waals surface area contributed by atoms with E-state index in [1.165, 1.54) is 58.0 Å². The topological polar surface area (TPSA) is 12.5 Å². The largest absolute Gasteiger partial charge is 0.381 e. The van der Waals surface area contributed by atoms with E-state index in [0.29, 0.717) is 5.41 Å². The highest BCUT2D eigenvalue weighted by Gasteiger charge is 2.42. The summed E-state index contributed by atoms with van der Waals surface area (Å²) in [4.78, 5) is 2.77. The predicted octanol–water partition coefficient (Wildman–Crippen LogP) is 2.43. The van der Waals surface area contributed by atoms with E-state index < -0.39 is 0 Å². The van der Waals surface area contributed by atoms with Gasteiger partial charge in [0, 0.05) is 24.6 Å². The number of rotatable bonds is 1. The van der Waals surface area contributed by atoms with Crippen molar-refractivity contribution >= 4 is 0 Å². The Bertz CT molecular complexity index is 217. The van der Waals surface area contributed by atoms with Crippen molar-refractivity contribution < 1.29 is 4.74 Å². The monoisotopic (exact) mass is 209 g/mol. The number of ether oxygens (including phenoxy) is 1.